The number of carboxylic acids is 1. The van der Waals surface area contributed by atoms with Gasteiger partial charge < -0.3 is 14.7 Å². The zero-order chi connectivity index (χ0) is 18.0. The number of carbonyl (C=O) groups is 2. The number of carboxylic acid groups (broad SMARTS) is 1. The van der Waals surface area contributed by atoms with Gasteiger partial charge in [0.2, 0.25) is 0 Å². The molecule has 1 aliphatic rings. The quantitative estimate of drug-likeness (QED) is 0.900. The molecular formula is C17H17FN2O4S. The van der Waals surface area contributed by atoms with Crippen LogP contribution in [0.15, 0.2) is 29.6 Å². The summed E-state index contributed by atoms with van der Waals surface area (Å²) in [5, 5.41) is 11.4. The predicted molar refractivity (Wildman–Crippen MR) is 89.2 cm³/mol. The number of halogens is 1. The number of aromatic nitrogens is 1. The van der Waals surface area contributed by atoms with Crippen LogP contribution in [0.1, 0.15) is 28.0 Å². The highest BCUT2D eigenvalue weighted by molar-refractivity contribution is 7.09. The van der Waals surface area contributed by atoms with Gasteiger partial charge in [0.1, 0.15) is 11.5 Å². The lowest BCUT2D eigenvalue weighted by atomic mass is 10.1. The number of thiazole rings is 1. The molecule has 1 amide bonds. The maximum Gasteiger partial charge on any atom is 0.334 e. The fraction of sp³-hybridized carbons (Fsp3) is 0.353. The van der Waals surface area contributed by atoms with E-state index in [4.69, 9.17) is 9.84 Å². The van der Waals surface area contributed by atoms with Crippen LogP contribution < -0.4 is 0 Å². The van der Waals surface area contributed by atoms with E-state index in [0.29, 0.717) is 23.5 Å². The van der Waals surface area contributed by atoms with Crippen molar-refractivity contribution in [3.05, 3.63) is 51.7 Å². The van der Waals surface area contributed by atoms with Gasteiger partial charge in [-0.25, -0.2) is 14.2 Å². The molecule has 1 unspecified atom stereocenters. The lowest BCUT2D eigenvalue weighted by Crippen LogP contribution is -2.51. The van der Waals surface area contributed by atoms with Crippen LogP contribution in [0, 0.1) is 5.82 Å². The summed E-state index contributed by atoms with van der Waals surface area (Å²) in [5.41, 5.74) is 0.761. The summed E-state index contributed by atoms with van der Waals surface area (Å²) in [5.74, 6) is -1.74. The first-order valence-electron chi connectivity index (χ1n) is 7.79. The smallest absolute Gasteiger partial charge is 0.334 e. The Morgan fingerprint density at radius 3 is 2.88 bits per heavy atom. The first kappa shape index (κ1) is 17.5. The summed E-state index contributed by atoms with van der Waals surface area (Å²) >= 11 is 1.28. The number of carbonyl (C=O) groups excluding carboxylic acids is 1. The maximum atomic E-state index is 13.7. The molecular weight excluding hydrogens is 347 g/mol. The van der Waals surface area contributed by atoms with Crippen molar-refractivity contribution in [2.45, 2.75) is 25.6 Å². The molecule has 0 saturated carbocycles. The van der Waals surface area contributed by atoms with E-state index < -0.39 is 12.1 Å². The summed E-state index contributed by atoms with van der Waals surface area (Å²) in [6.45, 7) is 2.02. The minimum absolute atomic E-state index is 0.0152. The summed E-state index contributed by atoms with van der Waals surface area (Å²) in [4.78, 5) is 29.5. The SMILES string of the molecule is C[C@@H]1CN(C(=O)c2csc(Cc3ccccc3F)n2)CC(C(=O)O)O1. The van der Waals surface area contributed by atoms with Crippen molar-refractivity contribution in [2.75, 3.05) is 13.1 Å². The zero-order valence-corrected chi connectivity index (χ0v) is 14.3. The van der Waals surface area contributed by atoms with Gasteiger partial charge in [-0.1, -0.05) is 18.2 Å². The fourth-order valence-electron chi connectivity index (χ4n) is 2.71. The molecule has 1 N–H and O–H groups in total. The number of aliphatic carboxylic acids is 1. The van der Waals surface area contributed by atoms with Gasteiger partial charge in [-0.2, -0.15) is 0 Å². The Kier molecular flexibility index (Phi) is 5.10. The van der Waals surface area contributed by atoms with Crippen molar-refractivity contribution in [1.82, 2.24) is 9.88 Å². The number of ether oxygens (including phenoxy) is 1. The van der Waals surface area contributed by atoms with E-state index in [9.17, 15) is 14.0 Å². The van der Waals surface area contributed by atoms with E-state index in [-0.39, 0.29) is 30.1 Å². The zero-order valence-electron chi connectivity index (χ0n) is 13.5. The first-order chi connectivity index (χ1) is 11.9. The average Bonchev–Trinajstić information content (AvgIpc) is 3.04. The van der Waals surface area contributed by atoms with Crippen LogP contribution in [0.5, 0.6) is 0 Å². The average molecular weight is 364 g/mol. The van der Waals surface area contributed by atoms with Crippen LogP contribution in [0.3, 0.4) is 0 Å². The van der Waals surface area contributed by atoms with Crippen molar-refractivity contribution in [3.63, 3.8) is 0 Å². The molecule has 0 radical (unpaired) electrons. The largest absolute Gasteiger partial charge is 0.479 e. The van der Waals surface area contributed by atoms with Crippen LogP contribution >= 0.6 is 11.3 Å². The molecule has 2 aromatic rings. The summed E-state index contributed by atoms with van der Waals surface area (Å²) < 4.78 is 19.0. The second-order valence-corrected chi connectivity index (χ2v) is 6.82. The molecule has 1 aromatic carbocycles. The van der Waals surface area contributed by atoms with Crippen LogP contribution in [0.25, 0.3) is 0 Å². The third kappa shape index (κ3) is 4.02. The Labute approximate surface area is 147 Å². The van der Waals surface area contributed by atoms with Gasteiger partial charge in [0.25, 0.3) is 5.91 Å². The molecule has 0 aliphatic carbocycles. The molecule has 0 bridgehead atoms. The van der Waals surface area contributed by atoms with E-state index in [0.717, 1.165) is 0 Å². The number of benzene rings is 1. The molecule has 1 aliphatic heterocycles. The molecule has 0 spiro atoms. The van der Waals surface area contributed by atoms with E-state index in [1.807, 2.05) is 0 Å². The second-order valence-electron chi connectivity index (χ2n) is 5.88. The van der Waals surface area contributed by atoms with Crippen molar-refractivity contribution in [1.29, 1.82) is 0 Å². The number of rotatable bonds is 4. The fourth-order valence-corrected chi connectivity index (χ4v) is 3.50. The normalized spacial score (nSPS) is 20.5. The Bertz CT molecular complexity index is 794. The number of hydrogen-bond acceptors (Lipinski definition) is 5. The topological polar surface area (TPSA) is 79.7 Å². The van der Waals surface area contributed by atoms with E-state index >= 15 is 0 Å². The molecule has 6 nitrogen and oxygen atoms in total. The molecule has 1 aromatic heterocycles. The molecule has 2 heterocycles. The van der Waals surface area contributed by atoms with Crippen LogP contribution in [-0.2, 0) is 16.0 Å². The van der Waals surface area contributed by atoms with Crippen molar-refractivity contribution >= 4 is 23.2 Å². The van der Waals surface area contributed by atoms with E-state index in [1.165, 1.54) is 22.3 Å². The number of nitrogens with zero attached hydrogens (tertiary/aromatic N) is 2. The molecule has 132 valence electrons. The van der Waals surface area contributed by atoms with Gasteiger partial charge in [0.05, 0.1) is 17.7 Å². The Balaban J connectivity index is 1.72. The van der Waals surface area contributed by atoms with Gasteiger partial charge in [-0.15, -0.1) is 11.3 Å². The first-order valence-corrected chi connectivity index (χ1v) is 8.67. The minimum atomic E-state index is -1.09. The van der Waals surface area contributed by atoms with Crippen molar-refractivity contribution in [3.8, 4) is 0 Å². The summed E-state index contributed by atoms with van der Waals surface area (Å²) in [7, 11) is 0. The van der Waals surface area contributed by atoms with Crippen molar-refractivity contribution in [2.24, 2.45) is 0 Å². The number of amides is 1. The molecule has 8 heteroatoms. The summed E-state index contributed by atoms with van der Waals surface area (Å²) in [6.07, 6.45) is -1.10. The van der Waals surface area contributed by atoms with Crippen LogP contribution in [0.2, 0.25) is 0 Å². The number of morpholine rings is 1. The standard InChI is InChI=1S/C17H17FN2O4S/c1-10-7-20(8-14(24-10)17(22)23)16(21)13-9-25-15(19-13)6-11-4-2-3-5-12(11)18/h2-5,9-10,14H,6-8H2,1H3,(H,22,23)/t10-,14?/m1/s1. The highest BCUT2D eigenvalue weighted by atomic mass is 32.1. The van der Waals surface area contributed by atoms with E-state index in [1.54, 1.807) is 30.5 Å². The number of hydrogen-bond donors (Lipinski definition) is 1. The predicted octanol–water partition coefficient (Wildman–Crippen LogP) is 2.19. The molecule has 1 saturated heterocycles. The maximum absolute atomic E-state index is 13.7. The van der Waals surface area contributed by atoms with Gasteiger partial charge in [-0.3, -0.25) is 4.79 Å². The molecule has 2 atom stereocenters. The van der Waals surface area contributed by atoms with Gasteiger partial charge >= 0.3 is 5.97 Å². The second kappa shape index (κ2) is 7.28. The lowest BCUT2D eigenvalue weighted by Gasteiger charge is -2.34. The molecule has 1 fully saturated rings. The van der Waals surface area contributed by atoms with Crippen LogP contribution in [-0.4, -0.2) is 52.2 Å². The Hall–Kier alpha value is -2.32. The lowest BCUT2D eigenvalue weighted by molar-refractivity contribution is -0.160. The summed E-state index contributed by atoms with van der Waals surface area (Å²) in [6, 6.07) is 6.43. The third-order valence-corrected chi connectivity index (χ3v) is 4.74. The molecule has 25 heavy (non-hydrogen) atoms. The van der Waals surface area contributed by atoms with Crippen LogP contribution in [0.4, 0.5) is 4.39 Å². The Morgan fingerprint density at radius 2 is 2.16 bits per heavy atom. The monoisotopic (exact) mass is 364 g/mol. The van der Waals surface area contributed by atoms with E-state index in [2.05, 4.69) is 4.98 Å². The molecule has 3 rings (SSSR count). The highest BCUT2D eigenvalue weighted by Crippen LogP contribution is 2.20. The van der Waals surface area contributed by atoms with Crippen molar-refractivity contribution < 1.29 is 23.8 Å². The van der Waals surface area contributed by atoms with Gasteiger partial charge in [-0.05, 0) is 18.6 Å². The minimum Gasteiger partial charge on any atom is -0.479 e. The van der Waals surface area contributed by atoms with Gasteiger partial charge in [0.15, 0.2) is 6.10 Å². The Morgan fingerprint density at radius 1 is 1.40 bits per heavy atom. The highest BCUT2D eigenvalue weighted by Gasteiger charge is 2.33. The third-order valence-electron chi connectivity index (χ3n) is 3.89. The van der Waals surface area contributed by atoms with Gasteiger partial charge in [0, 0.05) is 18.3 Å².